The van der Waals surface area contributed by atoms with E-state index in [1.807, 2.05) is 7.05 Å². The smallest absolute Gasteiger partial charge is 0.00767 e. The standard InChI is InChI=1S/C5H12N2/c1-3-7-5-4-6-2/h1,6-7H,3-5H2,2H3. The van der Waals surface area contributed by atoms with Crippen LogP contribution < -0.4 is 10.6 Å². The van der Waals surface area contributed by atoms with Gasteiger partial charge in [0.2, 0.25) is 0 Å². The van der Waals surface area contributed by atoms with E-state index < -0.39 is 0 Å². The van der Waals surface area contributed by atoms with Gasteiger partial charge in [-0.2, -0.15) is 0 Å². The first-order chi connectivity index (χ1) is 3.41. The lowest BCUT2D eigenvalue weighted by Crippen LogP contribution is -2.24. The highest BCUT2D eigenvalue weighted by molar-refractivity contribution is 4.48. The molecule has 2 nitrogen and oxygen atoms in total. The summed E-state index contributed by atoms with van der Waals surface area (Å²) in [6.45, 7) is 7.64. The number of hydrogen-bond donors (Lipinski definition) is 2. The Balaban J connectivity index is 2.45. The first-order valence-electron chi connectivity index (χ1n) is 2.47. The Kier molecular flexibility index (Phi) is 5.85. The van der Waals surface area contributed by atoms with Crippen molar-refractivity contribution in [1.29, 1.82) is 0 Å². The normalized spacial score (nSPS) is 9.43. The van der Waals surface area contributed by atoms with Gasteiger partial charge in [-0.05, 0) is 20.5 Å². The monoisotopic (exact) mass is 100 g/mol. The van der Waals surface area contributed by atoms with E-state index in [1.54, 1.807) is 0 Å². The minimum atomic E-state index is 0.571. The van der Waals surface area contributed by atoms with Crippen LogP contribution in [0.5, 0.6) is 0 Å². The van der Waals surface area contributed by atoms with Gasteiger partial charge in [0.05, 0.1) is 0 Å². The summed E-state index contributed by atoms with van der Waals surface area (Å²) in [5.41, 5.74) is 0. The summed E-state index contributed by atoms with van der Waals surface area (Å²) in [6, 6.07) is 0. The second kappa shape index (κ2) is 5.92. The summed E-state index contributed by atoms with van der Waals surface area (Å²) < 4.78 is 0. The van der Waals surface area contributed by atoms with Gasteiger partial charge < -0.3 is 10.6 Å². The van der Waals surface area contributed by atoms with Crippen LogP contribution in [0.4, 0.5) is 0 Å². The molecule has 42 valence electrons. The molecule has 0 aromatic carbocycles. The van der Waals surface area contributed by atoms with Crippen LogP contribution in [0.3, 0.4) is 0 Å². The quantitative estimate of drug-likeness (QED) is 0.466. The molecule has 7 heavy (non-hydrogen) atoms. The Hall–Kier alpha value is -0.0800. The molecule has 0 aliphatic rings. The second-order valence-electron chi connectivity index (χ2n) is 1.31. The van der Waals surface area contributed by atoms with E-state index >= 15 is 0 Å². The van der Waals surface area contributed by atoms with Gasteiger partial charge >= 0.3 is 0 Å². The molecule has 0 bridgehead atoms. The van der Waals surface area contributed by atoms with Crippen LogP contribution in [0.2, 0.25) is 0 Å². The Morgan fingerprint density at radius 3 is 2.57 bits per heavy atom. The van der Waals surface area contributed by atoms with Gasteiger partial charge in [0.1, 0.15) is 0 Å². The molecular weight excluding hydrogens is 88.1 g/mol. The van der Waals surface area contributed by atoms with E-state index in [0.717, 1.165) is 13.1 Å². The molecule has 0 aliphatic heterocycles. The predicted molar refractivity (Wildman–Crippen MR) is 31.1 cm³/mol. The molecule has 0 saturated carbocycles. The van der Waals surface area contributed by atoms with E-state index in [4.69, 9.17) is 6.92 Å². The molecule has 0 atom stereocenters. The molecule has 0 aliphatic carbocycles. The maximum atomic E-state index is 5.13. The highest BCUT2D eigenvalue weighted by atomic mass is 14.9. The summed E-state index contributed by atoms with van der Waals surface area (Å²) in [4.78, 5) is 0. The van der Waals surface area contributed by atoms with Crippen LogP contribution in [-0.2, 0) is 0 Å². The minimum Gasteiger partial charge on any atom is -0.318 e. The fraction of sp³-hybridized carbons (Fsp3) is 0.800. The molecule has 0 heterocycles. The van der Waals surface area contributed by atoms with Gasteiger partial charge in [-0.25, -0.2) is 0 Å². The van der Waals surface area contributed by atoms with E-state index in [1.165, 1.54) is 0 Å². The van der Waals surface area contributed by atoms with Crippen LogP contribution in [0.15, 0.2) is 0 Å². The number of hydrogen-bond acceptors (Lipinski definition) is 2. The largest absolute Gasteiger partial charge is 0.318 e. The lowest BCUT2D eigenvalue weighted by Gasteiger charge is -1.96. The van der Waals surface area contributed by atoms with E-state index in [0.29, 0.717) is 6.54 Å². The third kappa shape index (κ3) is 5.92. The Bertz CT molecular complexity index is 25.3. The molecule has 0 saturated heterocycles. The second-order valence-corrected chi connectivity index (χ2v) is 1.31. The molecule has 2 radical (unpaired) electrons. The fourth-order valence-corrected chi connectivity index (χ4v) is 0.315. The van der Waals surface area contributed by atoms with Crippen LogP contribution in [0.1, 0.15) is 0 Å². The minimum absolute atomic E-state index is 0.571. The van der Waals surface area contributed by atoms with Crippen molar-refractivity contribution in [2.24, 2.45) is 0 Å². The summed E-state index contributed by atoms with van der Waals surface area (Å²) in [5.74, 6) is 0. The molecule has 0 fully saturated rings. The molecule has 0 rings (SSSR count). The zero-order valence-corrected chi connectivity index (χ0v) is 4.70. The molecule has 0 unspecified atom stereocenters. The maximum Gasteiger partial charge on any atom is 0.00767 e. The van der Waals surface area contributed by atoms with Crippen molar-refractivity contribution in [3.05, 3.63) is 6.92 Å². The van der Waals surface area contributed by atoms with Crippen LogP contribution in [0.25, 0.3) is 0 Å². The molecule has 0 amide bonds. The van der Waals surface area contributed by atoms with Crippen molar-refractivity contribution in [2.75, 3.05) is 26.7 Å². The number of nitrogens with one attached hydrogen (secondary N) is 2. The fourth-order valence-electron chi connectivity index (χ4n) is 0.315. The lowest BCUT2D eigenvalue weighted by atomic mass is 10.6. The third-order valence-corrected chi connectivity index (χ3v) is 0.696. The molecule has 2 heteroatoms. The number of rotatable bonds is 4. The van der Waals surface area contributed by atoms with Crippen molar-refractivity contribution in [1.82, 2.24) is 10.6 Å². The van der Waals surface area contributed by atoms with Crippen LogP contribution in [0, 0.1) is 6.92 Å². The van der Waals surface area contributed by atoms with Gasteiger partial charge in [0.15, 0.2) is 0 Å². The van der Waals surface area contributed by atoms with Crippen molar-refractivity contribution in [2.45, 2.75) is 0 Å². The van der Waals surface area contributed by atoms with Gasteiger partial charge in [-0.1, -0.05) is 0 Å². The highest BCUT2D eigenvalue weighted by Crippen LogP contribution is 1.51. The molecule has 0 aromatic heterocycles. The maximum absolute atomic E-state index is 5.13. The summed E-state index contributed by atoms with van der Waals surface area (Å²) >= 11 is 0. The number of likely N-dealkylation sites (N-methyl/N-ethyl adjacent to an activating group) is 1. The van der Waals surface area contributed by atoms with Crippen molar-refractivity contribution >= 4 is 0 Å². The van der Waals surface area contributed by atoms with Crippen LogP contribution in [-0.4, -0.2) is 26.7 Å². The summed E-state index contributed by atoms with van der Waals surface area (Å²) in [5, 5.41) is 5.95. The molecule has 0 aromatic rings. The van der Waals surface area contributed by atoms with E-state index in [2.05, 4.69) is 10.6 Å². The lowest BCUT2D eigenvalue weighted by molar-refractivity contribution is 0.689. The van der Waals surface area contributed by atoms with Crippen molar-refractivity contribution < 1.29 is 0 Å². The predicted octanol–water partition coefficient (Wildman–Crippen LogP) is -0.494. The van der Waals surface area contributed by atoms with Gasteiger partial charge in [0, 0.05) is 13.1 Å². The zero-order valence-electron chi connectivity index (χ0n) is 4.70. The summed E-state index contributed by atoms with van der Waals surface area (Å²) in [7, 11) is 1.91. The van der Waals surface area contributed by atoms with Crippen molar-refractivity contribution in [3.63, 3.8) is 0 Å². The average Bonchev–Trinajstić information content (AvgIpc) is 1.69. The third-order valence-electron chi connectivity index (χ3n) is 0.696. The zero-order chi connectivity index (χ0) is 5.54. The first-order valence-corrected chi connectivity index (χ1v) is 2.47. The van der Waals surface area contributed by atoms with E-state index in [9.17, 15) is 0 Å². The molecule has 0 spiro atoms. The SMILES string of the molecule is [CH]CNCCNC. The Labute approximate surface area is 45.3 Å². The Morgan fingerprint density at radius 2 is 2.14 bits per heavy atom. The van der Waals surface area contributed by atoms with E-state index in [-0.39, 0.29) is 0 Å². The molecule has 2 N–H and O–H groups in total. The summed E-state index contributed by atoms with van der Waals surface area (Å²) in [6.07, 6.45) is 0. The average molecular weight is 100 g/mol. The van der Waals surface area contributed by atoms with Crippen molar-refractivity contribution in [3.8, 4) is 0 Å². The van der Waals surface area contributed by atoms with Gasteiger partial charge in [-0.15, -0.1) is 0 Å². The van der Waals surface area contributed by atoms with Gasteiger partial charge in [-0.3, -0.25) is 0 Å². The molecular formula is C5H12N2. The highest BCUT2D eigenvalue weighted by Gasteiger charge is 1.75. The Morgan fingerprint density at radius 1 is 1.43 bits per heavy atom. The van der Waals surface area contributed by atoms with Crippen LogP contribution >= 0.6 is 0 Å². The topological polar surface area (TPSA) is 24.1 Å². The first kappa shape index (κ1) is 6.92. The van der Waals surface area contributed by atoms with Gasteiger partial charge in [0.25, 0.3) is 0 Å².